The maximum Gasteiger partial charge on any atom is 0.292 e. The second-order valence-corrected chi connectivity index (χ2v) is 5.03. The van der Waals surface area contributed by atoms with Crippen LogP contribution in [0.3, 0.4) is 0 Å². The lowest BCUT2D eigenvalue weighted by Gasteiger charge is -2.16. The topological polar surface area (TPSA) is 98.3 Å². The summed E-state index contributed by atoms with van der Waals surface area (Å²) in [5.74, 6) is 0.215. The predicted octanol–water partition coefficient (Wildman–Crippen LogP) is 2.34. The van der Waals surface area contributed by atoms with Crippen LogP contribution < -0.4 is 11.1 Å². The van der Waals surface area contributed by atoms with Crippen LogP contribution in [-0.2, 0) is 0 Å². The zero-order valence-electron chi connectivity index (χ0n) is 11.3. The molecule has 0 radical (unpaired) electrons. The Morgan fingerprint density at radius 3 is 2.53 bits per heavy atom. The number of carbonyl (C=O) groups excluding carboxylic acids is 1. The summed E-state index contributed by atoms with van der Waals surface area (Å²) < 4.78 is 0. The molecule has 0 bridgehead atoms. The molecule has 1 aromatic rings. The molecule has 104 valence electrons. The first-order valence-electron chi connectivity index (χ1n) is 6.16. The minimum Gasteiger partial charge on any atom is -0.393 e. The molecule has 0 saturated heterocycles. The molecule has 1 unspecified atom stereocenters. The lowest BCUT2D eigenvalue weighted by Crippen LogP contribution is -2.33. The summed E-state index contributed by atoms with van der Waals surface area (Å²) >= 11 is 0. The second kappa shape index (κ2) is 6.17. The number of nitro benzene ring substituents is 1. The Morgan fingerprint density at radius 2 is 2.05 bits per heavy atom. The Bertz CT molecular complexity index is 486. The molecule has 1 aromatic carbocycles. The molecule has 0 aromatic heterocycles. The average Bonchev–Trinajstić information content (AvgIpc) is 2.26. The smallest absolute Gasteiger partial charge is 0.292 e. The van der Waals surface area contributed by atoms with E-state index >= 15 is 0 Å². The second-order valence-electron chi connectivity index (χ2n) is 5.03. The van der Waals surface area contributed by atoms with Crippen molar-refractivity contribution in [2.45, 2.75) is 33.2 Å². The van der Waals surface area contributed by atoms with Gasteiger partial charge in [0.2, 0.25) is 0 Å². The minimum atomic E-state index is -0.571. The number of anilines is 1. The van der Waals surface area contributed by atoms with Gasteiger partial charge in [-0.15, -0.1) is 0 Å². The van der Waals surface area contributed by atoms with E-state index in [1.807, 2.05) is 6.92 Å². The van der Waals surface area contributed by atoms with Gasteiger partial charge < -0.3 is 11.1 Å². The molecule has 6 nitrogen and oxygen atoms in total. The van der Waals surface area contributed by atoms with Crippen LogP contribution in [0.4, 0.5) is 11.4 Å². The van der Waals surface area contributed by atoms with Gasteiger partial charge in [-0.1, -0.05) is 13.8 Å². The number of carbonyl (C=O) groups is 1. The van der Waals surface area contributed by atoms with Crippen LogP contribution in [0.5, 0.6) is 0 Å². The number of hydrogen-bond donors (Lipinski definition) is 2. The van der Waals surface area contributed by atoms with Crippen molar-refractivity contribution < 1.29 is 9.72 Å². The molecule has 0 fully saturated rings. The molecule has 0 heterocycles. The summed E-state index contributed by atoms with van der Waals surface area (Å²) in [6, 6.07) is 4.03. The van der Waals surface area contributed by atoms with Crippen molar-refractivity contribution in [1.82, 2.24) is 5.32 Å². The molecule has 0 aliphatic carbocycles. The lowest BCUT2D eigenvalue weighted by atomic mass is 10.0. The summed E-state index contributed by atoms with van der Waals surface area (Å²) in [6.45, 7) is 6.08. The fourth-order valence-electron chi connectivity index (χ4n) is 1.94. The number of amides is 1. The average molecular weight is 265 g/mol. The molecule has 1 rings (SSSR count). The van der Waals surface area contributed by atoms with Crippen LogP contribution in [0.2, 0.25) is 0 Å². The number of nitrogens with zero attached hydrogens (tertiary/aromatic N) is 1. The van der Waals surface area contributed by atoms with E-state index in [9.17, 15) is 14.9 Å². The summed E-state index contributed by atoms with van der Waals surface area (Å²) in [4.78, 5) is 22.0. The largest absolute Gasteiger partial charge is 0.393 e. The maximum atomic E-state index is 11.9. The fraction of sp³-hybridized carbons (Fsp3) is 0.462. The van der Waals surface area contributed by atoms with Gasteiger partial charge in [0, 0.05) is 17.7 Å². The van der Waals surface area contributed by atoms with Gasteiger partial charge in [0.05, 0.1) is 4.92 Å². The fourth-order valence-corrected chi connectivity index (χ4v) is 1.94. The highest BCUT2D eigenvalue weighted by atomic mass is 16.6. The lowest BCUT2D eigenvalue weighted by molar-refractivity contribution is -0.383. The third-order valence-corrected chi connectivity index (χ3v) is 2.69. The van der Waals surface area contributed by atoms with Crippen molar-refractivity contribution in [3.63, 3.8) is 0 Å². The van der Waals surface area contributed by atoms with Gasteiger partial charge in [-0.05, 0) is 31.4 Å². The zero-order valence-corrected chi connectivity index (χ0v) is 11.3. The van der Waals surface area contributed by atoms with E-state index in [1.165, 1.54) is 18.2 Å². The van der Waals surface area contributed by atoms with Crippen molar-refractivity contribution in [3.8, 4) is 0 Å². The zero-order chi connectivity index (χ0) is 14.6. The maximum absolute atomic E-state index is 11.9. The van der Waals surface area contributed by atoms with Crippen molar-refractivity contribution in [3.05, 3.63) is 33.9 Å². The predicted molar refractivity (Wildman–Crippen MR) is 73.9 cm³/mol. The van der Waals surface area contributed by atoms with Crippen molar-refractivity contribution in [1.29, 1.82) is 0 Å². The van der Waals surface area contributed by atoms with E-state index in [-0.39, 0.29) is 23.3 Å². The highest BCUT2D eigenvalue weighted by Crippen LogP contribution is 2.22. The normalized spacial score (nSPS) is 12.2. The summed E-state index contributed by atoms with van der Waals surface area (Å²) in [7, 11) is 0. The van der Waals surface area contributed by atoms with Crippen LogP contribution in [0.15, 0.2) is 18.2 Å². The van der Waals surface area contributed by atoms with E-state index in [1.54, 1.807) is 0 Å². The van der Waals surface area contributed by atoms with Crippen molar-refractivity contribution >= 4 is 17.3 Å². The standard InChI is InChI=1S/C13H19N3O3/c1-8(2)6-9(3)15-13(17)10-4-5-12(16(18)19)11(14)7-10/h4-5,7-9H,6,14H2,1-3H3,(H,15,17). The van der Waals surface area contributed by atoms with E-state index < -0.39 is 4.92 Å². The van der Waals surface area contributed by atoms with Crippen molar-refractivity contribution in [2.75, 3.05) is 5.73 Å². The highest BCUT2D eigenvalue weighted by molar-refractivity contribution is 5.95. The Balaban J connectivity index is 2.78. The number of hydrogen-bond acceptors (Lipinski definition) is 4. The van der Waals surface area contributed by atoms with E-state index in [0.717, 1.165) is 6.42 Å². The van der Waals surface area contributed by atoms with Crippen LogP contribution >= 0.6 is 0 Å². The Morgan fingerprint density at radius 1 is 1.42 bits per heavy atom. The molecular formula is C13H19N3O3. The van der Waals surface area contributed by atoms with Gasteiger partial charge in [0.15, 0.2) is 0 Å². The molecule has 1 atom stereocenters. The summed E-state index contributed by atoms with van der Waals surface area (Å²) in [6.07, 6.45) is 0.869. The number of benzene rings is 1. The van der Waals surface area contributed by atoms with E-state index in [2.05, 4.69) is 19.2 Å². The minimum absolute atomic E-state index is 0.00540. The monoisotopic (exact) mass is 265 g/mol. The molecule has 0 saturated carbocycles. The summed E-state index contributed by atoms with van der Waals surface area (Å²) in [5.41, 5.74) is 5.69. The number of nitrogens with two attached hydrogens (primary N) is 1. The number of rotatable bonds is 5. The third-order valence-electron chi connectivity index (χ3n) is 2.69. The molecule has 0 spiro atoms. The number of nitrogen functional groups attached to an aromatic ring is 1. The molecule has 0 aliphatic heterocycles. The van der Waals surface area contributed by atoms with Gasteiger partial charge >= 0.3 is 0 Å². The highest BCUT2D eigenvalue weighted by Gasteiger charge is 2.16. The quantitative estimate of drug-likeness (QED) is 0.485. The number of nitro groups is 1. The molecule has 0 aliphatic rings. The first-order chi connectivity index (χ1) is 8.81. The van der Waals surface area contributed by atoms with Crippen LogP contribution in [0, 0.1) is 16.0 Å². The van der Waals surface area contributed by atoms with Crippen LogP contribution in [0.25, 0.3) is 0 Å². The van der Waals surface area contributed by atoms with Gasteiger partial charge in [0.1, 0.15) is 5.69 Å². The van der Waals surface area contributed by atoms with Gasteiger partial charge in [-0.25, -0.2) is 0 Å². The van der Waals surface area contributed by atoms with Crippen LogP contribution in [0.1, 0.15) is 37.6 Å². The van der Waals surface area contributed by atoms with Gasteiger partial charge in [-0.3, -0.25) is 14.9 Å². The van der Waals surface area contributed by atoms with Crippen molar-refractivity contribution in [2.24, 2.45) is 5.92 Å². The first kappa shape index (κ1) is 14.9. The molecule has 3 N–H and O–H groups in total. The first-order valence-corrected chi connectivity index (χ1v) is 6.16. The Kier molecular flexibility index (Phi) is 4.86. The molecule has 1 amide bonds. The Labute approximate surface area is 112 Å². The number of nitrogens with one attached hydrogen (secondary N) is 1. The van der Waals surface area contributed by atoms with Gasteiger partial charge in [0.25, 0.3) is 11.6 Å². The summed E-state index contributed by atoms with van der Waals surface area (Å²) in [5, 5.41) is 13.5. The molecule has 19 heavy (non-hydrogen) atoms. The van der Waals surface area contributed by atoms with E-state index in [4.69, 9.17) is 5.73 Å². The Hall–Kier alpha value is -2.11. The van der Waals surface area contributed by atoms with E-state index in [0.29, 0.717) is 11.5 Å². The molecular weight excluding hydrogens is 246 g/mol. The SMILES string of the molecule is CC(C)CC(C)NC(=O)c1ccc([N+](=O)[O-])c(N)c1. The van der Waals surface area contributed by atoms with Gasteiger partial charge in [-0.2, -0.15) is 0 Å². The van der Waals surface area contributed by atoms with Crippen LogP contribution in [-0.4, -0.2) is 16.9 Å². The molecule has 6 heteroatoms. The third kappa shape index (κ3) is 4.24.